The molecule has 0 aliphatic carbocycles. The van der Waals surface area contributed by atoms with Crippen LogP contribution >= 0.6 is 0 Å². The molecule has 0 aliphatic rings. The lowest BCUT2D eigenvalue weighted by molar-refractivity contribution is 0.112. The molecule has 0 amide bonds. The highest BCUT2D eigenvalue weighted by Gasteiger charge is 2.04. The summed E-state index contributed by atoms with van der Waals surface area (Å²) in [6.45, 7) is 5.91. The zero-order chi connectivity index (χ0) is 10.3. The lowest BCUT2D eigenvalue weighted by Crippen LogP contribution is -1.92. The van der Waals surface area contributed by atoms with E-state index in [4.69, 9.17) is 5.11 Å². The van der Waals surface area contributed by atoms with E-state index < -0.39 is 0 Å². The molecule has 1 aromatic heterocycles. The average Bonchev–Trinajstić information content (AvgIpc) is 2.20. The first-order chi connectivity index (χ1) is 6.29. The molecule has 1 N–H and O–H groups in total. The van der Waals surface area contributed by atoms with Crippen LogP contribution in [0.3, 0.4) is 0 Å². The van der Waals surface area contributed by atoms with Gasteiger partial charge in [0.05, 0.1) is 11.8 Å². The van der Waals surface area contributed by atoms with Crippen LogP contribution in [0.25, 0.3) is 0 Å². The van der Waals surface area contributed by atoms with E-state index in [0.717, 1.165) is 5.56 Å². The van der Waals surface area contributed by atoms with Gasteiger partial charge >= 0.3 is 0 Å². The van der Waals surface area contributed by atoms with Crippen LogP contribution in [0.5, 0.6) is 5.75 Å². The van der Waals surface area contributed by atoms with Gasteiger partial charge in [-0.05, 0) is 12.0 Å². The number of aldehydes is 1. The van der Waals surface area contributed by atoms with E-state index in [1.165, 1.54) is 6.20 Å². The van der Waals surface area contributed by atoms with Gasteiger partial charge < -0.3 is 5.11 Å². The number of nitrogens with zero attached hydrogens (tertiary/aromatic N) is 1. The molecule has 0 aliphatic heterocycles. The molecule has 0 fully saturated rings. The molecule has 0 bridgehead atoms. The number of aromatic nitrogens is 1. The fourth-order valence-corrected chi connectivity index (χ4v) is 0.919. The fraction of sp³-hybridized carbons (Fsp3) is 0.400. The molecule has 1 rings (SSSR count). The van der Waals surface area contributed by atoms with E-state index in [1.807, 2.05) is 20.8 Å². The number of pyridine rings is 1. The molecule has 72 valence electrons. The highest BCUT2D eigenvalue weighted by Crippen LogP contribution is 2.16. The molecular formula is C10H15NO2. The van der Waals surface area contributed by atoms with Crippen LogP contribution in [0, 0.1) is 0 Å². The third kappa shape index (κ3) is 2.86. The molecular weight excluding hydrogens is 166 g/mol. The number of rotatable bonds is 2. The summed E-state index contributed by atoms with van der Waals surface area (Å²) in [6.07, 6.45) is 4.21. The van der Waals surface area contributed by atoms with Gasteiger partial charge in [0.2, 0.25) is 0 Å². The third-order valence-electron chi connectivity index (χ3n) is 1.55. The average molecular weight is 181 g/mol. The Morgan fingerprint density at radius 3 is 2.46 bits per heavy atom. The Labute approximate surface area is 78.4 Å². The predicted octanol–water partition coefficient (Wildman–Crippen LogP) is 2.19. The van der Waals surface area contributed by atoms with E-state index in [9.17, 15) is 4.79 Å². The molecule has 0 unspecified atom stereocenters. The van der Waals surface area contributed by atoms with E-state index >= 15 is 0 Å². The Morgan fingerprint density at radius 1 is 1.46 bits per heavy atom. The van der Waals surface area contributed by atoms with Gasteiger partial charge in [-0.1, -0.05) is 20.8 Å². The zero-order valence-electron chi connectivity index (χ0n) is 8.24. The van der Waals surface area contributed by atoms with Gasteiger partial charge in [-0.3, -0.25) is 9.78 Å². The smallest absolute Gasteiger partial charge is 0.154 e. The standard InChI is InChI=1S/C8H9NO2.C2H6/c1-2-6-3-9-4-8(11)7(6)5-10;1-2/h3-5,11H,2H2,1H3;1-2H3. The number of carbonyl (C=O) groups is 1. The molecule has 3 nitrogen and oxygen atoms in total. The van der Waals surface area contributed by atoms with Crippen LogP contribution in [0.4, 0.5) is 0 Å². The van der Waals surface area contributed by atoms with E-state index in [-0.39, 0.29) is 5.75 Å². The van der Waals surface area contributed by atoms with Gasteiger partial charge in [0.15, 0.2) is 6.29 Å². The molecule has 0 spiro atoms. The van der Waals surface area contributed by atoms with Crippen LogP contribution in [0.1, 0.15) is 36.7 Å². The Bertz CT molecular complexity index is 272. The maximum atomic E-state index is 10.4. The molecule has 1 aromatic rings. The number of aryl methyl sites for hydroxylation is 1. The molecule has 0 saturated carbocycles. The van der Waals surface area contributed by atoms with E-state index in [0.29, 0.717) is 18.3 Å². The number of aromatic hydroxyl groups is 1. The summed E-state index contributed by atoms with van der Waals surface area (Å²) in [5.41, 5.74) is 1.13. The summed E-state index contributed by atoms with van der Waals surface area (Å²) in [4.78, 5) is 14.2. The zero-order valence-corrected chi connectivity index (χ0v) is 8.24. The molecule has 13 heavy (non-hydrogen) atoms. The minimum atomic E-state index is -0.0423. The molecule has 3 heteroatoms. The van der Waals surface area contributed by atoms with Crippen LogP contribution < -0.4 is 0 Å². The van der Waals surface area contributed by atoms with Gasteiger partial charge in [0.25, 0.3) is 0 Å². The van der Waals surface area contributed by atoms with Crippen LogP contribution in [0.2, 0.25) is 0 Å². The Hall–Kier alpha value is -1.38. The first kappa shape index (κ1) is 11.6. The summed E-state index contributed by atoms with van der Waals surface area (Å²) in [7, 11) is 0. The van der Waals surface area contributed by atoms with Gasteiger partial charge in [-0.25, -0.2) is 0 Å². The van der Waals surface area contributed by atoms with Gasteiger partial charge in [-0.15, -0.1) is 0 Å². The van der Waals surface area contributed by atoms with Crippen molar-refractivity contribution in [3.8, 4) is 5.75 Å². The summed E-state index contributed by atoms with van der Waals surface area (Å²) >= 11 is 0. The largest absolute Gasteiger partial charge is 0.506 e. The van der Waals surface area contributed by atoms with Crippen molar-refractivity contribution < 1.29 is 9.90 Å². The number of hydrogen-bond acceptors (Lipinski definition) is 3. The minimum absolute atomic E-state index is 0.0423. The summed E-state index contributed by atoms with van der Waals surface area (Å²) in [5, 5.41) is 9.13. The topological polar surface area (TPSA) is 50.2 Å². The third-order valence-corrected chi connectivity index (χ3v) is 1.55. The van der Waals surface area contributed by atoms with Gasteiger partial charge in [0.1, 0.15) is 5.75 Å². The van der Waals surface area contributed by atoms with Crippen molar-refractivity contribution >= 4 is 6.29 Å². The number of carbonyl (C=O) groups excluding carboxylic acids is 1. The van der Waals surface area contributed by atoms with Crippen LogP contribution in [-0.4, -0.2) is 16.4 Å². The van der Waals surface area contributed by atoms with Gasteiger partial charge in [-0.2, -0.15) is 0 Å². The monoisotopic (exact) mass is 181 g/mol. The molecule has 0 saturated heterocycles. The van der Waals surface area contributed by atoms with Crippen molar-refractivity contribution in [2.24, 2.45) is 0 Å². The Balaban J connectivity index is 0.000000671. The molecule has 0 aromatic carbocycles. The van der Waals surface area contributed by atoms with Crippen molar-refractivity contribution in [3.05, 3.63) is 23.5 Å². The van der Waals surface area contributed by atoms with Crippen molar-refractivity contribution in [1.82, 2.24) is 4.98 Å². The SMILES string of the molecule is CC.CCc1cncc(O)c1C=O. The maximum absolute atomic E-state index is 10.4. The second kappa shape index (κ2) is 6.17. The van der Waals surface area contributed by atoms with E-state index in [1.54, 1.807) is 6.20 Å². The van der Waals surface area contributed by atoms with Crippen LogP contribution in [0.15, 0.2) is 12.4 Å². The maximum Gasteiger partial charge on any atom is 0.154 e. The van der Waals surface area contributed by atoms with Crippen LogP contribution in [-0.2, 0) is 6.42 Å². The normalized spacial score (nSPS) is 8.54. The second-order valence-electron chi connectivity index (χ2n) is 2.20. The number of hydrogen-bond donors (Lipinski definition) is 1. The first-order valence-corrected chi connectivity index (χ1v) is 4.40. The Kier molecular flexibility index (Phi) is 5.52. The lowest BCUT2D eigenvalue weighted by Gasteiger charge is -2.00. The fourth-order valence-electron chi connectivity index (χ4n) is 0.919. The summed E-state index contributed by atoms with van der Waals surface area (Å²) in [6, 6.07) is 0. The Morgan fingerprint density at radius 2 is 2.08 bits per heavy atom. The highest BCUT2D eigenvalue weighted by atomic mass is 16.3. The van der Waals surface area contributed by atoms with Crippen molar-refractivity contribution in [3.63, 3.8) is 0 Å². The van der Waals surface area contributed by atoms with Crippen molar-refractivity contribution in [2.75, 3.05) is 0 Å². The first-order valence-electron chi connectivity index (χ1n) is 4.40. The van der Waals surface area contributed by atoms with E-state index in [2.05, 4.69) is 4.98 Å². The minimum Gasteiger partial charge on any atom is -0.506 e. The quantitative estimate of drug-likeness (QED) is 0.711. The van der Waals surface area contributed by atoms with Gasteiger partial charge in [0, 0.05) is 6.20 Å². The summed E-state index contributed by atoms with van der Waals surface area (Å²) < 4.78 is 0. The summed E-state index contributed by atoms with van der Waals surface area (Å²) in [5.74, 6) is -0.0423. The lowest BCUT2D eigenvalue weighted by atomic mass is 10.1. The predicted molar refractivity (Wildman–Crippen MR) is 52.0 cm³/mol. The van der Waals surface area contributed by atoms with Crippen molar-refractivity contribution in [2.45, 2.75) is 27.2 Å². The van der Waals surface area contributed by atoms with Crippen molar-refractivity contribution in [1.29, 1.82) is 0 Å². The molecule has 0 atom stereocenters. The molecule has 1 heterocycles. The molecule has 0 radical (unpaired) electrons. The second-order valence-corrected chi connectivity index (χ2v) is 2.20. The highest BCUT2D eigenvalue weighted by molar-refractivity contribution is 5.80.